The third-order valence-electron chi connectivity index (χ3n) is 3.51. The monoisotopic (exact) mass is 276 g/mol. The van der Waals surface area contributed by atoms with Gasteiger partial charge in [-0.1, -0.05) is 6.92 Å². The highest BCUT2D eigenvalue weighted by Crippen LogP contribution is 2.43. The van der Waals surface area contributed by atoms with Gasteiger partial charge in [0.25, 0.3) is 0 Å². The minimum absolute atomic E-state index is 0.303. The van der Waals surface area contributed by atoms with Crippen LogP contribution in [-0.2, 0) is 9.47 Å². The lowest BCUT2D eigenvalue weighted by molar-refractivity contribution is -0.314. The molecule has 0 aromatic carbocycles. The number of hydrogen-bond donors (Lipinski definition) is 0. The van der Waals surface area contributed by atoms with Crippen molar-refractivity contribution in [2.24, 2.45) is 5.92 Å². The molecule has 2 saturated heterocycles. The fourth-order valence-electron chi connectivity index (χ4n) is 2.76. The van der Waals surface area contributed by atoms with E-state index in [0.717, 1.165) is 6.42 Å². The summed E-state index contributed by atoms with van der Waals surface area (Å²) in [7, 11) is 0. The summed E-state index contributed by atoms with van der Waals surface area (Å²) in [6, 6.07) is 0. The van der Waals surface area contributed by atoms with Crippen LogP contribution < -0.4 is 0 Å². The van der Waals surface area contributed by atoms with Crippen molar-refractivity contribution in [3.63, 3.8) is 0 Å². The molecule has 0 N–H and O–H groups in total. The number of ether oxygens (including phenoxy) is 2. The molecular formula is C13H24O2S2. The van der Waals surface area contributed by atoms with Crippen molar-refractivity contribution >= 4 is 23.5 Å². The molecule has 17 heavy (non-hydrogen) atoms. The van der Waals surface area contributed by atoms with Gasteiger partial charge < -0.3 is 9.47 Å². The lowest BCUT2D eigenvalue weighted by Gasteiger charge is -2.47. The Kier molecular flexibility index (Phi) is 4.73. The lowest BCUT2D eigenvalue weighted by atomic mass is 9.92. The van der Waals surface area contributed by atoms with Crippen LogP contribution in [0.3, 0.4) is 0 Å². The van der Waals surface area contributed by atoms with Gasteiger partial charge in [0, 0.05) is 5.92 Å². The summed E-state index contributed by atoms with van der Waals surface area (Å²) in [6.45, 7) is 8.53. The Labute approximate surface area is 114 Å². The van der Waals surface area contributed by atoms with Gasteiger partial charge in [-0.25, -0.2) is 0 Å². The fraction of sp³-hybridized carbons (Fsp3) is 1.00. The highest BCUT2D eigenvalue weighted by Gasteiger charge is 2.44. The fourth-order valence-corrected chi connectivity index (χ4v) is 5.89. The highest BCUT2D eigenvalue weighted by molar-refractivity contribution is 8.17. The first-order chi connectivity index (χ1) is 8.03. The van der Waals surface area contributed by atoms with Gasteiger partial charge in [-0.3, -0.25) is 0 Å². The van der Waals surface area contributed by atoms with Gasteiger partial charge in [0.2, 0.25) is 0 Å². The normalized spacial score (nSPS) is 39.2. The Morgan fingerprint density at radius 2 is 1.82 bits per heavy atom. The number of rotatable bonds is 2. The zero-order valence-corrected chi connectivity index (χ0v) is 12.9. The third kappa shape index (κ3) is 3.34. The molecule has 0 aliphatic carbocycles. The molecule has 2 aliphatic heterocycles. The summed E-state index contributed by atoms with van der Waals surface area (Å²) in [6.07, 6.45) is 3.12. The van der Waals surface area contributed by atoms with Crippen LogP contribution >= 0.6 is 23.5 Å². The average Bonchev–Trinajstić information content (AvgIpc) is 2.28. The van der Waals surface area contributed by atoms with Gasteiger partial charge in [0.05, 0.1) is 16.8 Å². The Morgan fingerprint density at radius 3 is 2.41 bits per heavy atom. The molecule has 0 saturated carbocycles. The van der Waals surface area contributed by atoms with Crippen molar-refractivity contribution in [2.45, 2.75) is 63.1 Å². The van der Waals surface area contributed by atoms with Crippen LogP contribution in [0.1, 0.15) is 40.5 Å². The molecule has 0 amide bonds. The second kappa shape index (κ2) is 5.72. The van der Waals surface area contributed by atoms with E-state index in [1.54, 1.807) is 0 Å². The van der Waals surface area contributed by atoms with Gasteiger partial charge >= 0.3 is 0 Å². The van der Waals surface area contributed by atoms with Crippen LogP contribution in [0.4, 0.5) is 0 Å². The van der Waals surface area contributed by atoms with Crippen LogP contribution in [0.15, 0.2) is 0 Å². The topological polar surface area (TPSA) is 18.5 Å². The molecule has 0 aromatic rings. The van der Waals surface area contributed by atoms with Gasteiger partial charge in [-0.15, -0.1) is 23.5 Å². The van der Waals surface area contributed by atoms with E-state index in [4.69, 9.17) is 9.47 Å². The van der Waals surface area contributed by atoms with Crippen LogP contribution in [0.5, 0.6) is 0 Å². The van der Waals surface area contributed by atoms with E-state index in [2.05, 4.69) is 37.4 Å². The van der Waals surface area contributed by atoms with Gasteiger partial charge in [0.15, 0.2) is 5.79 Å². The molecule has 0 radical (unpaired) electrons. The molecule has 0 unspecified atom stereocenters. The summed E-state index contributed by atoms with van der Waals surface area (Å²) < 4.78 is 12.8. The Bertz CT molecular complexity index is 252. The standard InChI is InChI=1S/C13H24O2S2/c1-5-10-9(2)14-13(3,4)15-11(10)12-16-7-6-8-17-12/h9-12H,5-8H2,1-4H3/t9-,10-,11-/m0/s1. The number of thioether (sulfide) groups is 2. The van der Waals surface area contributed by atoms with E-state index in [1.807, 2.05) is 13.8 Å². The van der Waals surface area contributed by atoms with Crippen molar-refractivity contribution in [1.29, 1.82) is 0 Å². The van der Waals surface area contributed by atoms with Gasteiger partial charge in [-0.05, 0) is 45.1 Å². The summed E-state index contributed by atoms with van der Waals surface area (Å²) in [4.78, 5) is 0. The maximum atomic E-state index is 6.22. The van der Waals surface area contributed by atoms with E-state index >= 15 is 0 Å². The predicted molar refractivity (Wildman–Crippen MR) is 76.6 cm³/mol. The molecule has 0 bridgehead atoms. The molecule has 2 rings (SSSR count). The molecule has 2 nitrogen and oxygen atoms in total. The van der Waals surface area contributed by atoms with E-state index in [-0.39, 0.29) is 0 Å². The van der Waals surface area contributed by atoms with Gasteiger partial charge in [0.1, 0.15) is 0 Å². The minimum Gasteiger partial charge on any atom is -0.347 e. The zero-order valence-electron chi connectivity index (χ0n) is 11.3. The Hall–Kier alpha value is 0.620. The zero-order chi connectivity index (χ0) is 12.5. The second-order valence-corrected chi connectivity index (χ2v) is 8.14. The van der Waals surface area contributed by atoms with Crippen molar-refractivity contribution < 1.29 is 9.47 Å². The van der Waals surface area contributed by atoms with Crippen molar-refractivity contribution in [1.82, 2.24) is 0 Å². The van der Waals surface area contributed by atoms with Gasteiger partial charge in [-0.2, -0.15) is 0 Å². The Balaban J connectivity index is 2.09. The van der Waals surface area contributed by atoms with E-state index in [9.17, 15) is 0 Å². The first-order valence-electron chi connectivity index (χ1n) is 6.62. The molecule has 4 heteroatoms. The lowest BCUT2D eigenvalue weighted by Crippen LogP contribution is -2.53. The molecule has 0 aromatic heterocycles. The summed E-state index contributed by atoms with van der Waals surface area (Å²) in [5.74, 6) is 2.67. The molecule has 3 atom stereocenters. The third-order valence-corrected chi connectivity index (χ3v) is 6.57. The largest absolute Gasteiger partial charge is 0.347 e. The molecule has 2 heterocycles. The van der Waals surface area contributed by atoms with E-state index < -0.39 is 5.79 Å². The SMILES string of the molecule is CC[C@H]1[C@H](C)OC(C)(C)O[C@@H]1C1SCCCS1. The molecule has 0 spiro atoms. The van der Waals surface area contributed by atoms with Crippen molar-refractivity contribution in [3.8, 4) is 0 Å². The quantitative estimate of drug-likeness (QED) is 0.764. The predicted octanol–water partition coefficient (Wildman–Crippen LogP) is 3.75. The van der Waals surface area contributed by atoms with Crippen LogP contribution in [0.25, 0.3) is 0 Å². The maximum absolute atomic E-state index is 6.22. The summed E-state index contributed by atoms with van der Waals surface area (Å²) >= 11 is 4.15. The molecular weight excluding hydrogens is 252 g/mol. The maximum Gasteiger partial charge on any atom is 0.163 e. The smallest absolute Gasteiger partial charge is 0.163 e. The molecule has 2 aliphatic rings. The van der Waals surface area contributed by atoms with E-state index in [0.29, 0.717) is 22.7 Å². The van der Waals surface area contributed by atoms with Crippen molar-refractivity contribution in [2.75, 3.05) is 11.5 Å². The summed E-state index contributed by atoms with van der Waals surface area (Å²) in [5, 5.41) is 0. The summed E-state index contributed by atoms with van der Waals surface area (Å²) in [5.41, 5.74) is 0. The first kappa shape index (κ1) is 14.0. The van der Waals surface area contributed by atoms with Crippen LogP contribution in [-0.4, -0.2) is 34.1 Å². The van der Waals surface area contributed by atoms with Crippen molar-refractivity contribution in [3.05, 3.63) is 0 Å². The van der Waals surface area contributed by atoms with E-state index in [1.165, 1.54) is 17.9 Å². The minimum atomic E-state index is -0.422. The second-order valence-electron chi connectivity index (χ2n) is 5.34. The molecule has 2 fully saturated rings. The van der Waals surface area contributed by atoms with Crippen LogP contribution in [0, 0.1) is 5.92 Å². The first-order valence-corrected chi connectivity index (χ1v) is 8.72. The average molecular weight is 276 g/mol. The Morgan fingerprint density at radius 1 is 1.18 bits per heavy atom. The number of hydrogen-bond acceptors (Lipinski definition) is 4. The molecule has 100 valence electrons. The van der Waals surface area contributed by atoms with Crippen LogP contribution in [0.2, 0.25) is 0 Å². The highest BCUT2D eigenvalue weighted by atomic mass is 32.2.